The van der Waals surface area contributed by atoms with Crippen molar-refractivity contribution in [3.8, 4) is 0 Å². The summed E-state index contributed by atoms with van der Waals surface area (Å²) in [5.74, 6) is -4.57. The first kappa shape index (κ1) is 27.7. The summed E-state index contributed by atoms with van der Waals surface area (Å²) in [6.07, 6.45) is -0.0450. The molecule has 0 rings (SSSR count). The van der Waals surface area contributed by atoms with Crippen LogP contribution in [0.1, 0.15) is 40.5 Å². The zero-order chi connectivity index (χ0) is 23.6. The van der Waals surface area contributed by atoms with Crippen LogP contribution >= 0.6 is 12.6 Å². The van der Waals surface area contributed by atoms with Crippen LogP contribution in [0.2, 0.25) is 0 Å². The molecule has 0 aliphatic carbocycles. The molecule has 0 saturated carbocycles. The predicted molar refractivity (Wildman–Crippen MR) is 113 cm³/mol. The lowest BCUT2D eigenvalue weighted by atomic mass is 10.0. The Morgan fingerprint density at radius 1 is 0.867 bits per heavy atom. The summed E-state index contributed by atoms with van der Waals surface area (Å²) in [5, 5.41) is 16.6. The first-order chi connectivity index (χ1) is 13.8. The molecule has 0 fully saturated rings. The number of carbonyl (C=O) groups excluding carboxylic acids is 4. The minimum atomic E-state index is -1.19. The van der Waals surface area contributed by atoms with Crippen LogP contribution in [0.5, 0.6) is 0 Å². The standard InChI is InChI=1S/C18H33N5O6S/c1-8(2)13(22-15(25)10(19)5-6-12(20)24)17(27)21-11(7-30)16(26)23-14(9(3)4)18(28)29/h8-11,13-14,30H,5-7,19H2,1-4H3,(H2,20,24)(H,21,27)(H,22,25)(H,23,26)(H,28,29). The van der Waals surface area contributed by atoms with E-state index in [1.54, 1.807) is 27.7 Å². The summed E-state index contributed by atoms with van der Waals surface area (Å²) in [7, 11) is 0. The summed E-state index contributed by atoms with van der Waals surface area (Å²) in [6.45, 7) is 6.65. The third-order valence-corrected chi connectivity index (χ3v) is 4.70. The average molecular weight is 448 g/mol. The fraction of sp³-hybridized carbons (Fsp3) is 0.722. The number of hydrogen-bond donors (Lipinski definition) is 7. The number of nitrogens with one attached hydrogen (secondary N) is 3. The van der Waals surface area contributed by atoms with Gasteiger partial charge in [0.1, 0.15) is 18.1 Å². The normalized spacial score (nSPS) is 15.1. The molecule has 0 bridgehead atoms. The summed E-state index contributed by atoms with van der Waals surface area (Å²) in [5.41, 5.74) is 10.8. The van der Waals surface area contributed by atoms with E-state index >= 15 is 0 Å². The van der Waals surface area contributed by atoms with Gasteiger partial charge >= 0.3 is 5.97 Å². The molecule has 0 aliphatic heterocycles. The number of carboxylic acid groups (broad SMARTS) is 1. The van der Waals surface area contributed by atoms with Crippen LogP contribution < -0.4 is 27.4 Å². The number of amides is 4. The Kier molecular flexibility index (Phi) is 12.0. The Morgan fingerprint density at radius 3 is 1.77 bits per heavy atom. The third kappa shape index (κ3) is 9.44. The molecule has 4 atom stereocenters. The molecule has 0 aliphatic rings. The maximum absolute atomic E-state index is 12.7. The molecular formula is C18H33N5O6S. The molecule has 30 heavy (non-hydrogen) atoms. The highest BCUT2D eigenvalue weighted by Gasteiger charge is 2.31. The van der Waals surface area contributed by atoms with Crippen molar-refractivity contribution < 1.29 is 29.1 Å². The Morgan fingerprint density at radius 2 is 1.37 bits per heavy atom. The van der Waals surface area contributed by atoms with Crippen LogP contribution in [-0.2, 0) is 24.0 Å². The Hall–Kier alpha value is -2.34. The molecule has 0 heterocycles. The molecule has 11 nitrogen and oxygen atoms in total. The average Bonchev–Trinajstić information content (AvgIpc) is 2.64. The van der Waals surface area contributed by atoms with E-state index in [0.29, 0.717) is 0 Å². The maximum atomic E-state index is 12.7. The smallest absolute Gasteiger partial charge is 0.326 e. The molecule has 4 unspecified atom stereocenters. The van der Waals surface area contributed by atoms with Gasteiger partial charge in [-0.25, -0.2) is 4.79 Å². The van der Waals surface area contributed by atoms with E-state index in [4.69, 9.17) is 11.5 Å². The Bertz CT molecular complexity index is 643. The second kappa shape index (κ2) is 13.1. The van der Waals surface area contributed by atoms with Crippen LogP contribution in [0.4, 0.5) is 0 Å². The molecule has 0 saturated heterocycles. The number of nitrogens with two attached hydrogens (primary N) is 2. The third-order valence-electron chi connectivity index (χ3n) is 4.33. The van der Waals surface area contributed by atoms with E-state index in [1.807, 2.05) is 0 Å². The van der Waals surface area contributed by atoms with E-state index < -0.39 is 53.8 Å². The molecule has 8 N–H and O–H groups in total. The molecule has 172 valence electrons. The zero-order valence-electron chi connectivity index (χ0n) is 17.7. The van der Waals surface area contributed by atoms with E-state index in [1.165, 1.54) is 0 Å². The number of carboxylic acids is 1. The summed E-state index contributed by atoms with van der Waals surface area (Å²) >= 11 is 4.05. The zero-order valence-corrected chi connectivity index (χ0v) is 18.6. The summed E-state index contributed by atoms with van der Waals surface area (Å²) < 4.78 is 0. The van der Waals surface area contributed by atoms with Gasteiger partial charge in [0, 0.05) is 12.2 Å². The Labute approximate surface area is 181 Å². The van der Waals surface area contributed by atoms with Crippen LogP contribution in [0.25, 0.3) is 0 Å². The number of rotatable bonds is 13. The van der Waals surface area contributed by atoms with Gasteiger partial charge in [0.25, 0.3) is 0 Å². The number of primary amides is 1. The van der Waals surface area contributed by atoms with Gasteiger partial charge in [-0.3, -0.25) is 19.2 Å². The number of hydrogen-bond acceptors (Lipinski definition) is 7. The van der Waals surface area contributed by atoms with Gasteiger partial charge < -0.3 is 32.5 Å². The van der Waals surface area contributed by atoms with Crippen LogP contribution in [0, 0.1) is 11.8 Å². The lowest BCUT2D eigenvalue weighted by Gasteiger charge is -2.27. The van der Waals surface area contributed by atoms with Gasteiger partial charge in [-0.05, 0) is 18.3 Å². The minimum absolute atomic E-state index is 0.0288. The lowest BCUT2D eigenvalue weighted by molar-refractivity contribution is -0.143. The quantitative estimate of drug-likeness (QED) is 0.164. The van der Waals surface area contributed by atoms with Crippen LogP contribution in [-0.4, -0.2) is 64.6 Å². The van der Waals surface area contributed by atoms with Gasteiger partial charge in [0.15, 0.2) is 0 Å². The largest absolute Gasteiger partial charge is 0.480 e. The van der Waals surface area contributed by atoms with Crippen molar-refractivity contribution in [2.24, 2.45) is 23.3 Å². The molecule has 0 aromatic carbocycles. The Balaban J connectivity index is 5.13. The van der Waals surface area contributed by atoms with Crippen molar-refractivity contribution in [3.63, 3.8) is 0 Å². The second-order valence-corrected chi connectivity index (χ2v) is 8.02. The molecular weight excluding hydrogens is 414 g/mol. The van der Waals surface area contributed by atoms with Gasteiger partial charge in [-0.2, -0.15) is 12.6 Å². The van der Waals surface area contributed by atoms with Gasteiger partial charge in [-0.15, -0.1) is 0 Å². The van der Waals surface area contributed by atoms with Gasteiger partial charge in [0.05, 0.1) is 6.04 Å². The molecule has 12 heteroatoms. The first-order valence-corrected chi connectivity index (χ1v) is 10.2. The highest BCUT2D eigenvalue weighted by Crippen LogP contribution is 2.06. The molecule has 0 aromatic heterocycles. The molecule has 0 aromatic rings. The monoisotopic (exact) mass is 447 g/mol. The lowest BCUT2D eigenvalue weighted by Crippen LogP contribution is -2.59. The van der Waals surface area contributed by atoms with Gasteiger partial charge in [-0.1, -0.05) is 27.7 Å². The second-order valence-electron chi connectivity index (χ2n) is 7.65. The summed E-state index contributed by atoms with van der Waals surface area (Å²) in [4.78, 5) is 59.4. The molecule has 0 spiro atoms. The highest BCUT2D eigenvalue weighted by molar-refractivity contribution is 7.80. The number of carbonyl (C=O) groups is 5. The van der Waals surface area contributed by atoms with Crippen molar-refractivity contribution in [1.29, 1.82) is 0 Å². The van der Waals surface area contributed by atoms with Crippen LogP contribution in [0.3, 0.4) is 0 Å². The number of thiol groups is 1. The SMILES string of the molecule is CC(C)C(NC(=O)C(CS)NC(=O)C(NC(=O)C(N)CCC(N)=O)C(C)C)C(=O)O. The van der Waals surface area contributed by atoms with Crippen LogP contribution in [0.15, 0.2) is 0 Å². The minimum Gasteiger partial charge on any atom is -0.480 e. The maximum Gasteiger partial charge on any atom is 0.326 e. The fourth-order valence-corrected chi connectivity index (χ4v) is 2.70. The fourth-order valence-electron chi connectivity index (χ4n) is 2.45. The van der Waals surface area contributed by atoms with Crippen molar-refractivity contribution in [2.75, 3.05) is 5.75 Å². The first-order valence-electron chi connectivity index (χ1n) is 9.60. The number of aliphatic carboxylic acids is 1. The molecule has 4 amide bonds. The van der Waals surface area contributed by atoms with Crippen molar-refractivity contribution in [3.05, 3.63) is 0 Å². The van der Waals surface area contributed by atoms with Crippen molar-refractivity contribution in [1.82, 2.24) is 16.0 Å². The summed E-state index contributed by atoms with van der Waals surface area (Å²) in [6, 6.07) is -4.27. The van der Waals surface area contributed by atoms with Crippen molar-refractivity contribution in [2.45, 2.75) is 64.7 Å². The highest BCUT2D eigenvalue weighted by atomic mass is 32.1. The van der Waals surface area contributed by atoms with Crippen molar-refractivity contribution >= 4 is 42.2 Å². The topological polar surface area (TPSA) is 194 Å². The predicted octanol–water partition coefficient (Wildman–Crippen LogP) is -1.64. The molecule has 0 radical (unpaired) electrons. The van der Waals surface area contributed by atoms with E-state index in [2.05, 4.69) is 28.6 Å². The van der Waals surface area contributed by atoms with E-state index in [0.717, 1.165) is 0 Å². The van der Waals surface area contributed by atoms with E-state index in [-0.39, 0.29) is 30.4 Å². The van der Waals surface area contributed by atoms with E-state index in [9.17, 15) is 29.1 Å². The van der Waals surface area contributed by atoms with Gasteiger partial charge in [0.2, 0.25) is 23.6 Å².